The van der Waals surface area contributed by atoms with Gasteiger partial charge in [0.1, 0.15) is 0 Å². The summed E-state index contributed by atoms with van der Waals surface area (Å²) in [7, 11) is 0. The number of carbonyl (C=O) groups excluding carboxylic acids is 1. The predicted octanol–water partition coefficient (Wildman–Crippen LogP) is 2.23. The van der Waals surface area contributed by atoms with Crippen molar-refractivity contribution in [3.63, 3.8) is 0 Å². The molecule has 1 aromatic carbocycles. The fourth-order valence-electron chi connectivity index (χ4n) is 3.06. The number of benzene rings is 1. The molecule has 1 atom stereocenters. The minimum atomic E-state index is -0.239. The number of nitrogens with zero attached hydrogens (tertiary/aromatic N) is 3. The molecule has 7 heteroatoms. The van der Waals surface area contributed by atoms with Crippen molar-refractivity contribution in [1.29, 1.82) is 5.26 Å². The van der Waals surface area contributed by atoms with Gasteiger partial charge in [0, 0.05) is 31.0 Å². The quantitative estimate of drug-likeness (QED) is 0.779. The van der Waals surface area contributed by atoms with Crippen LogP contribution >= 0.6 is 0 Å². The molecule has 7 nitrogen and oxygen atoms in total. The summed E-state index contributed by atoms with van der Waals surface area (Å²) < 4.78 is 0. The van der Waals surface area contributed by atoms with E-state index in [9.17, 15) is 4.79 Å². The van der Waals surface area contributed by atoms with Gasteiger partial charge in [-0.2, -0.15) is 5.26 Å². The number of rotatable bonds is 5. The van der Waals surface area contributed by atoms with Gasteiger partial charge < -0.3 is 15.6 Å². The lowest BCUT2D eigenvalue weighted by Crippen LogP contribution is -2.34. The summed E-state index contributed by atoms with van der Waals surface area (Å²) in [6.45, 7) is 5.49. The molecule has 2 amide bonds. The van der Waals surface area contributed by atoms with E-state index in [0.717, 1.165) is 37.4 Å². The maximum absolute atomic E-state index is 12.0. The zero-order valence-electron chi connectivity index (χ0n) is 14.2. The van der Waals surface area contributed by atoms with Gasteiger partial charge in [0.2, 0.25) is 0 Å². The minimum Gasteiger partial charge on any atom is -0.348 e. The monoisotopic (exact) mass is 338 g/mol. The number of anilines is 1. The smallest absolute Gasteiger partial charge is 0.319 e. The molecule has 1 aliphatic rings. The minimum absolute atomic E-state index is 0.239. The SMILES string of the molecule is Cc1[nH]cnc1CN1CCC(CNC(=O)Nc2cccc(C#N)c2)C1. The first-order valence-electron chi connectivity index (χ1n) is 8.40. The number of nitriles is 1. The van der Waals surface area contributed by atoms with E-state index in [2.05, 4.69) is 31.6 Å². The topological polar surface area (TPSA) is 96.8 Å². The van der Waals surface area contributed by atoms with Gasteiger partial charge in [-0.3, -0.25) is 4.90 Å². The summed E-state index contributed by atoms with van der Waals surface area (Å²) in [6, 6.07) is 8.70. The zero-order chi connectivity index (χ0) is 17.6. The van der Waals surface area contributed by atoms with Crippen molar-refractivity contribution in [3.8, 4) is 6.07 Å². The van der Waals surface area contributed by atoms with Gasteiger partial charge in [0.15, 0.2) is 0 Å². The number of aromatic amines is 1. The first kappa shape index (κ1) is 17.0. The molecular formula is C18H22N6O. The number of hydrogen-bond donors (Lipinski definition) is 3. The standard InChI is InChI=1S/C18H22N6O/c1-13-17(22-12-21-13)11-24-6-5-15(10-24)9-20-18(25)23-16-4-2-3-14(7-16)8-19/h2-4,7,12,15H,5-6,9-11H2,1H3,(H,21,22)(H2,20,23,25). The molecule has 25 heavy (non-hydrogen) atoms. The first-order chi connectivity index (χ1) is 12.1. The lowest BCUT2D eigenvalue weighted by Gasteiger charge is -2.16. The molecular weight excluding hydrogens is 316 g/mol. The zero-order valence-corrected chi connectivity index (χ0v) is 14.2. The fourth-order valence-corrected chi connectivity index (χ4v) is 3.06. The van der Waals surface area contributed by atoms with E-state index in [1.807, 2.05) is 6.92 Å². The van der Waals surface area contributed by atoms with Crippen molar-refractivity contribution in [3.05, 3.63) is 47.5 Å². The van der Waals surface area contributed by atoms with E-state index in [1.165, 1.54) is 0 Å². The second kappa shape index (κ2) is 7.81. The van der Waals surface area contributed by atoms with Crippen LogP contribution in [0.4, 0.5) is 10.5 Å². The second-order valence-corrected chi connectivity index (χ2v) is 6.39. The number of imidazole rings is 1. The van der Waals surface area contributed by atoms with Crippen molar-refractivity contribution in [2.75, 3.05) is 25.0 Å². The largest absolute Gasteiger partial charge is 0.348 e. The highest BCUT2D eigenvalue weighted by molar-refractivity contribution is 5.89. The summed E-state index contributed by atoms with van der Waals surface area (Å²) >= 11 is 0. The Balaban J connectivity index is 1.42. The normalized spacial score (nSPS) is 17.2. The molecule has 3 rings (SSSR count). The summed E-state index contributed by atoms with van der Waals surface area (Å²) in [5, 5.41) is 14.6. The molecule has 130 valence electrons. The van der Waals surface area contributed by atoms with E-state index in [1.54, 1.807) is 30.6 Å². The van der Waals surface area contributed by atoms with Crippen LogP contribution in [0, 0.1) is 24.2 Å². The highest BCUT2D eigenvalue weighted by atomic mass is 16.2. The van der Waals surface area contributed by atoms with E-state index in [-0.39, 0.29) is 6.03 Å². The lowest BCUT2D eigenvalue weighted by molar-refractivity contribution is 0.249. The number of carbonyl (C=O) groups is 1. The molecule has 0 aliphatic carbocycles. The number of H-pyrrole nitrogens is 1. The fraction of sp³-hybridized carbons (Fsp3) is 0.389. The third kappa shape index (κ3) is 4.58. The number of urea groups is 1. The van der Waals surface area contributed by atoms with Gasteiger partial charge in [-0.05, 0) is 44.0 Å². The highest BCUT2D eigenvalue weighted by Crippen LogP contribution is 2.18. The van der Waals surface area contributed by atoms with Crippen molar-refractivity contribution in [2.45, 2.75) is 19.9 Å². The van der Waals surface area contributed by atoms with Crippen molar-refractivity contribution >= 4 is 11.7 Å². The molecule has 0 radical (unpaired) electrons. The Hall–Kier alpha value is -2.85. The molecule has 0 saturated carbocycles. The molecule has 1 fully saturated rings. The van der Waals surface area contributed by atoms with E-state index >= 15 is 0 Å². The molecule has 1 unspecified atom stereocenters. The van der Waals surface area contributed by atoms with Crippen LogP contribution in [0.25, 0.3) is 0 Å². The Morgan fingerprint density at radius 1 is 1.52 bits per heavy atom. The Bertz CT molecular complexity index is 778. The molecule has 1 aromatic heterocycles. The van der Waals surface area contributed by atoms with Gasteiger partial charge >= 0.3 is 6.03 Å². The number of hydrogen-bond acceptors (Lipinski definition) is 4. The Kier molecular flexibility index (Phi) is 5.31. The van der Waals surface area contributed by atoms with Crippen LogP contribution in [-0.2, 0) is 6.54 Å². The molecule has 1 aliphatic heterocycles. The Labute approximate surface area is 147 Å². The number of aryl methyl sites for hydroxylation is 1. The molecule has 0 bridgehead atoms. The molecule has 0 spiro atoms. The Morgan fingerprint density at radius 2 is 2.40 bits per heavy atom. The Morgan fingerprint density at radius 3 is 3.16 bits per heavy atom. The average Bonchev–Trinajstić information content (AvgIpc) is 3.23. The summed E-state index contributed by atoms with van der Waals surface area (Å²) in [5.41, 5.74) is 3.35. The average molecular weight is 338 g/mol. The molecule has 3 N–H and O–H groups in total. The first-order valence-corrected chi connectivity index (χ1v) is 8.40. The molecule has 2 heterocycles. The van der Waals surface area contributed by atoms with Crippen molar-refractivity contribution in [2.24, 2.45) is 5.92 Å². The number of nitrogens with one attached hydrogen (secondary N) is 3. The van der Waals surface area contributed by atoms with Crippen LogP contribution in [-0.4, -0.2) is 40.5 Å². The number of amides is 2. The van der Waals surface area contributed by atoms with Crippen LogP contribution < -0.4 is 10.6 Å². The van der Waals surface area contributed by atoms with E-state index in [0.29, 0.717) is 23.7 Å². The van der Waals surface area contributed by atoms with Gasteiger partial charge in [-0.25, -0.2) is 9.78 Å². The molecule has 2 aromatic rings. The van der Waals surface area contributed by atoms with Gasteiger partial charge in [-0.15, -0.1) is 0 Å². The lowest BCUT2D eigenvalue weighted by atomic mass is 10.1. The van der Waals surface area contributed by atoms with Crippen molar-refractivity contribution < 1.29 is 4.79 Å². The number of likely N-dealkylation sites (tertiary alicyclic amines) is 1. The van der Waals surface area contributed by atoms with Crippen LogP contribution in [0.2, 0.25) is 0 Å². The summed E-state index contributed by atoms with van der Waals surface area (Å²) in [5.74, 6) is 0.440. The van der Waals surface area contributed by atoms with Gasteiger partial charge in [0.25, 0.3) is 0 Å². The van der Waals surface area contributed by atoms with Crippen LogP contribution in [0.1, 0.15) is 23.4 Å². The molecule has 1 saturated heterocycles. The van der Waals surface area contributed by atoms with Crippen molar-refractivity contribution in [1.82, 2.24) is 20.2 Å². The maximum atomic E-state index is 12.0. The van der Waals surface area contributed by atoms with Crippen LogP contribution in [0.5, 0.6) is 0 Å². The van der Waals surface area contributed by atoms with E-state index in [4.69, 9.17) is 5.26 Å². The maximum Gasteiger partial charge on any atom is 0.319 e. The number of aromatic nitrogens is 2. The van der Waals surface area contributed by atoms with Crippen LogP contribution in [0.3, 0.4) is 0 Å². The summed E-state index contributed by atoms with van der Waals surface area (Å²) in [6.07, 6.45) is 2.79. The third-order valence-corrected chi connectivity index (χ3v) is 4.48. The van der Waals surface area contributed by atoms with Crippen LogP contribution in [0.15, 0.2) is 30.6 Å². The predicted molar refractivity (Wildman–Crippen MR) is 94.9 cm³/mol. The third-order valence-electron chi connectivity index (χ3n) is 4.48. The highest BCUT2D eigenvalue weighted by Gasteiger charge is 2.23. The van der Waals surface area contributed by atoms with E-state index < -0.39 is 0 Å². The second-order valence-electron chi connectivity index (χ2n) is 6.39. The van der Waals surface area contributed by atoms with Gasteiger partial charge in [-0.1, -0.05) is 6.07 Å². The van der Waals surface area contributed by atoms with Gasteiger partial charge in [0.05, 0.1) is 23.7 Å². The summed E-state index contributed by atoms with van der Waals surface area (Å²) in [4.78, 5) is 21.8.